The van der Waals surface area contributed by atoms with Crippen molar-refractivity contribution in [3.8, 4) is 0 Å². The summed E-state index contributed by atoms with van der Waals surface area (Å²) in [5.41, 5.74) is 3.94. The number of fused-ring (bicyclic) bond motifs is 1. The molecule has 3 rings (SSSR count). The second-order valence-corrected chi connectivity index (χ2v) is 5.48. The largest absolute Gasteiger partial charge is 0.452 e. The topological polar surface area (TPSA) is 56.8 Å². The van der Waals surface area contributed by atoms with E-state index in [0.717, 1.165) is 0 Å². The lowest BCUT2D eigenvalue weighted by molar-refractivity contribution is -0.226. The van der Waals surface area contributed by atoms with Crippen molar-refractivity contribution in [1.29, 1.82) is 0 Å². The van der Waals surface area contributed by atoms with Gasteiger partial charge in [-0.1, -0.05) is 18.2 Å². The summed E-state index contributed by atoms with van der Waals surface area (Å²) < 4.78 is 64.3. The second-order valence-electron chi connectivity index (χ2n) is 5.48. The SMILES string of the molecule is CC1OCC2(c3ccccc3F)N=C(N)OC(C(F)(F)F)C12. The number of ether oxygens (including phenoxy) is 2. The van der Waals surface area contributed by atoms with Crippen molar-refractivity contribution in [1.82, 2.24) is 0 Å². The summed E-state index contributed by atoms with van der Waals surface area (Å²) in [7, 11) is 0. The minimum atomic E-state index is -4.66. The molecule has 22 heavy (non-hydrogen) atoms. The molecule has 8 heteroatoms. The molecule has 4 nitrogen and oxygen atoms in total. The van der Waals surface area contributed by atoms with Crippen LogP contribution in [0.3, 0.4) is 0 Å². The van der Waals surface area contributed by atoms with E-state index in [2.05, 4.69) is 4.99 Å². The van der Waals surface area contributed by atoms with Crippen LogP contribution in [0.2, 0.25) is 0 Å². The Morgan fingerprint density at radius 1 is 1.32 bits per heavy atom. The van der Waals surface area contributed by atoms with Gasteiger partial charge in [-0.15, -0.1) is 0 Å². The van der Waals surface area contributed by atoms with Crippen molar-refractivity contribution < 1.29 is 27.0 Å². The van der Waals surface area contributed by atoms with Crippen LogP contribution in [-0.2, 0) is 15.0 Å². The number of hydrogen-bond donors (Lipinski definition) is 1. The van der Waals surface area contributed by atoms with Crippen molar-refractivity contribution in [3.63, 3.8) is 0 Å². The average molecular weight is 318 g/mol. The molecule has 2 N–H and O–H groups in total. The molecule has 4 atom stereocenters. The quantitative estimate of drug-likeness (QED) is 0.809. The molecule has 1 aromatic rings. The Hall–Kier alpha value is -1.83. The molecule has 2 aliphatic heterocycles. The van der Waals surface area contributed by atoms with E-state index in [1.807, 2.05) is 0 Å². The fourth-order valence-electron chi connectivity index (χ4n) is 3.28. The number of aliphatic imine (C=N–C) groups is 1. The van der Waals surface area contributed by atoms with Crippen molar-refractivity contribution in [2.45, 2.75) is 30.8 Å². The monoisotopic (exact) mass is 318 g/mol. The molecule has 0 spiro atoms. The van der Waals surface area contributed by atoms with E-state index in [9.17, 15) is 17.6 Å². The number of rotatable bonds is 1. The number of benzene rings is 1. The van der Waals surface area contributed by atoms with Gasteiger partial charge in [-0.3, -0.25) is 0 Å². The zero-order valence-electron chi connectivity index (χ0n) is 11.6. The van der Waals surface area contributed by atoms with Gasteiger partial charge in [-0.2, -0.15) is 13.2 Å². The van der Waals surface area contributed by atoms with Gasteiger partial charge in [-0.05, 0) is 13.0 Å². The number of amidine groups is 1. The first-order valence-electron chi connectivity index (χ1n) is 6.71. The highest BCUT2D eigenvalue weighted by atomic mass is 19.4. The number of nitrogens with two attached hydrogens (primary N) is 1. The van der Waals surface area contributed by atoms with E-state index in [0.29, 0.717) is 0 Å². The van der Waals surface area contributed by atoms with Crippen molar-refractivity contribution in [2.75, 3.05) is 6.61 Å². The van der Waals surface area contributed by atoms with Gasteiger partial charge in [0.25, 0.3) is 6.02 Å². The first-order chi connectivity index (χ1) is 10.3. The average Bonchev–Trinajstić information content (AvgIpc) is 2.75. The van der Waals surface area contributed by atoms with Gasteiger partial charge >= 0.3 is 6.18 Å². The van der Waals surface area contributed by atoms with E-state index >= 15 is 0 Å². The molecule has 0 aliphatic carbocycles. The van der Waals surface area contributed by atoms with Gasteiger partial charge in [0.15, 0.2) is 0 Å². The molecule has 120 valence electrons. The Morgan fingerprint density at radius 2 is 2.00 bits per heavy atom. The summed E-state index contributed by atoms with van der Waals surface area (Å²) in [6.45, 7) is 1.31. The third-order valence-electron chi connectivity index (χ3n) is 4.17. The van der Waals surface area contributed by atoms with Crippen molar-refractivity contribution >= 4 is 6.02 Å². The van der Waals surface area contributed by atoms with Crippen LogP contribution in [0.5, 0.6) is 0 Å². The van der Waals surface area contributed by atoms with Crippen molar-refractivity contribution in [3.05, 3.63) is 35.6 Å². The molecule has 0 amide bonds. The summed E-state index contributed by atoms with van der Waals surface area (Å²) >= 11 is 0. The number of halogens is 4. The fourth-order valence-corrected chi connectivity index (χ4v) is 3.28. The molecule has 1 saturated heterocycles. The lowest BCUT2D eigenvalue weighted by Crippen LogP contribution is -2.55. The summed E-state index contributed by atoms with van der Waals surface area (Å²) in [6, 6.07) is 4.96. The lowest BCUT2D eigenvalue weighted by atomic mass is 9.74. The first-order valence-corrected chi connectivity index (χ1v) is 6.71. The smallest absolute Gasteiger partial charge is 0.426 e. The van der Waals surface area contributed by atoms with Crippen LogP contribution in [0, 0.1) is 11.7 Å². The molecule has 0 bridgehead atoms. The third kappa shape index (κ3) is 2.13. The molecule has 0 radical (unpaired) electrons. The van der Waals surface area contributed by atoms with E-state index in [1.165, 1.54) is 31.2 Å². The molecule has 0 saturated carbocycles. The van der Waals surface area contributed by atoms with Crippen LogP contribution in [0.4, 0.5) is 17.6 Å². The molecule has 1 fully saturated rings. The van der Waals surface area contributed by atoms with Gasteiger partial charge in [0.05, 0.1) is 18.6 Å². The Bertz CT molecular complexity index is 619. The van der Waals surface area contributed by atoms with E-state index in [-0.39, 0.29) is 12.2 Å². The van der Waals surface area contributed by atoms with Crippen LogP contribution < -0.4 is 5.73 Å². The highest BCUT2D eigenvalue weighted by Gasteiger charge is 2.64. The number of hydrogen-bond acceptors (Lipinski definition) is 4. The third-order valence-corrected chi connectivity index (χ3v) is 4.17. The Labute approximate surface area is 123 Å². The van der Waals surface area contributed by atoms with Crippen LogP contribution in [0.15, 0.2) is 29.3 Å². The molecule has 1 aromatic carbocycles. The molecular formula is C14H14F4N2O2. The van der Waals surface area contributed by atoms with Gasteiger partial charge in [0.2, 0.25) is 6.10 Å². The van der Waals surface area contributed by atoms with E-state index in [1.54, 1.807) is 0 Å². The maximum atomic E-state index is 14.2. The molecule has 2 heterocycles. The minimum absolute atomic E-state index is 0.0323. The minimum Gasteiger partial charge on any atom is -0.452 e. The summed E-state index contributed by atoms with van der Waals surface area (Å²) in [6.07, 6.45) is -7.66. The highest BCUT2D eigenvalue weighted by Crippen LogP contribution is 2.51. The first kappa shape index (κ1) is 15.1. The van der Waals surface area contributed by atoms with Gasteiger partial charge in [0.1, 0.15) is 11.4 Å². The molecule has 4 unspecified atom stereocenters. The fraction of sp³-hybridized carbons (Fsp3) is 0.500. The predicted molar refractivity (Wildman–Crippen MR) is 69.5 cm³/mol. The van der Waals surface area contributed by atoms with Crippen LogP contribution in [-0.4, -0.2) is 31.0 Å². The highest BCUT2D eigenvalue weighted by molar-refractivity contribution is 5.73. The lowest BCUT2D eigenvalue weighted by Gasteiger charge is -2.41. The number of nitrogens with zero attached hydrogens (tertiary/aromatic N) is 1. The van der Waals surface area contributed by atoms with Crippen LogP contribution >= 0.6 is 0 Å². The maximum Gasteiger partial charge on any atom is 0.426 e. The standard InChI is InChI=1S/C14H14F4N2O2/c1-7-10-11(14(16,17)18)22-12(19)20-13(10,6-21-7)8-4-2-3-5-9(8)15/h2-5,7,10-11H,6H2,1H3,(H2,19,20). The van der Waals surface area contributed by atoms with Crippen molar-refractivity contribution in [2.24, 2.45) is 16.6 Å². The summed E-state index contributed by atoms with van der Waals surface area (Å²) in [5.74, 6) is -1.86. The molecule has 2 aliphatic rings. The Kier molecular flexibility index (Phi) is 3.32. The van der Waals surface area contributed by atoms with Crippen LogP contribution in [0.25, 0.3) is 0 Å². The molecule has 0 aromatic heterocycles. The van der Waals surface area contributed by atoms with E-state index < -0.39 is 41.7 Å². The normalized spacial score (nSPS) is 34.8. The Morgan fingerprint density at radius 3 is 2.64 bits per heavy atom. The molecular weight excluding hydrogens is 304 g/mol. The maximum absolute atomic E-state index is 14.2. The van der Waals surface area contributed by atoms with E-state index in [4.69, 9.17) is 15.2 Å². The van der Waals surface area contributed by atoms with Gasteiger partial charge in [0, 0.05) is 5.56 Å². The van der Waals surface area contributed by atoms with Gasteiger partial charge < -0.3 is 15.2 Å². The van der Waals surface area contributed by atoms with Crippen LogP contribution in [0.1, 0.15) is 12.5 Å². The summed E-state index contributed by atoms with van der Waals surface area (Å²) in [5, 5.41) is 0. The number of alkyl halides is 3. The predicted octanol–water partition coefficient (Wildman–Crippen LogP) is 2.33. The zero-order chi connectivity index (χ0) is 16.1. The van der Waals surface area contributed by atoms with Gasteiger partial charge in [-0.25, -0.2) is 9.38 Å². The second kappa shape index (κ2) is 4.84. The Balaban J connectivity index is 2.19. The summed E-state index contributed by atoms with van der Waals surface area (Å²) in [4.78, 5) is 4.03. The zero-order valence-corrected chi connectivity index (χ0v) is 11.6.